The Labute approximate surface area is 221 Å². The van der Waals surface area contributed by atoms with Gasteiger partial charge in [0, 0.05) is 17.9 Å². The summed E-state index contributed by atoms with van der Waals surface area (Å²) in [4.78, 5) is 26.8. The lowest BCUT2D eigenvalue weighted by atomic mass is 9.57. The van der Waals surface area contributed by atoms with Gasteiger partial charge in [0.25, 0.3) is 0 Å². The lowest BCUT2D eigenvalue weighted by Gasteiger charge is -2.49. The van der Waals surface area contributed by atoms with Gasteiger partial charge in [-0.15, -0.1) is 0 Å². The highest BCUT2D eigenvalue weighted by molar-refractivity contribution is 5.95. The van der Waals surface area contributed by atoms with Crippen LogP contribution in [0.25, 0.3) is 0 Å². The Morgan fingerprint density at radius 1 is 1.24 bits per heavy atom. The molecule has 4 aliphatic carbocycles. The summed E-state index contributed by atoms with van der Waals surface area (Å²) in [7, 11) is 0. The number of hydrogen-bond acceptors (Lipinski definition) is 6. The molecule has 2 fully saturated rings. The zero-order valence-corrected chi connectivity index (χ0v) is 22.9. The van der Waals surface area contributed by atoms with Crippen LogP contribution in [0.4, 0.5) is 0 Å². The van der Waals surface area contributed by atoms with Gasteiger partial charge in [0.1, 0.15) is 18.3 Å². The summed E-state index contributed by atoms with van der Waals surface area (Å²) in [6, 6.07) is 0. The van der Waals surface area contributed by atoms with E-state index in [9.17, 15) is 24.9 Å². The van der Waals surface area contributed by atoms with E-state index in [0.29, 0.717) is 5.92 Å². The molecule has 3 N–H and O–H groups in total. The molecule has 2 saturated carbocycles. The number of fused-ring (bicyclic) bond motifs is 3. The van der Waals surface area contributed by atoms with Gasteiger partial charge in [-0.05, 0) is 54.9 Å². The average molecular weight is 513 g/mol. The smallest absolute Gasteiger partial charge is 0.330 e. The summed E-state index contributed by atoms with van der Waals surface area (Å²) in [5.41, 5.74) is -2.25. The van der Waals surface area contributed by atoms with E-state index in [2.05, 4.69) is 20.8 Å². The number of aliphatic hydroxyl groups excluding tert-OH is 2. The van der Waals surface area contributed by atoms with Gasteiger partial charge in [-0.3, -0.25) is 4.79 Å². The molecule has 0 unspecified atom stereocenters. The first-order valence-corrected chi connectivity index (χ1v) is 13.9. The molecule has 37 heavy (non-hydrogen) atoms. The predicted octanol–water partition coefficient (Wildman–Crippen LogP) is 4.31. The normalized spacial score (nSPS) is 40.1. The highest BCUT2D eigenvalue weighted by Crippen LogP contribution is 2.72. The maximum absolute atomic E-state index is 14.3. The maximum atomic E-state index is 14.3. The zero-order chi connectivity index (χ0) is 27.2. The van der Waals surface area contributed by atoms with Gasteiger partial charge in [0.05, 0.1) is 12.0 Å². The third-order valence-corrected chi connectivity index (χ3v) is 10.0. The second kappa shape index (κ2) is 10.3. The molecule has 0 aromatic carbocycles. The molecule has 2 bridgehead atoms. The largest absolute Gasteiger partial charge is 0.462 e. The van der Waals surface area contributed by atoms with Gasteiger partial charge in [0.2, 0.25) is 0 Å². The summed E-state index contributed by atoms with van der Waals surface area (Å²) >= 11 is 0. The van der Waals surface area contributed by atoms with Crippen LogP contribution in [0, 0.1) is 40.4 Å². The molecule has 4 aliphatic rings. The minimum Gasteiger partial charge on any atom is -0.462 e. The van der Waals surface area contributed by atoms with E-state index < -0.39 is 41.5 Å². The van der Waals surface area contributed by atoms with Gasteiger partial charge in [-0.25, -0.2) is 4.79 Å². The Balaban J connectivity index is 1.59. The average Bonchev–Trinajstić information content (AvgIpc) is 3.33. The summed E-state index contributed by atoms with van der Waals surface area (Å²) < 4.78 is 5.55. The molecule has 0 radical (unpaired) electrons. The number of unbranched alkanes of at least 4 members (excludes halogenated alkanes) is 3. The maximum Gasteiger partial charge on any atom is 0.330 e. The van der Waals surface area contributed by atoms with Gasteiger partial charge in [-0.1, -0.05) is 76.5 Å². The van der Waals surface area contributed by atoms with Crippen molar-refractivity contribution in [2.75, 3.05) is 13.2 Å². The van der Waals surface area contributed by atoms with Crippen LogP contribution in [0.3, 0.4) is 0 Å². The summed E-state index contributed by atoms with van der Waals surface area (Å²) in [6.45, 7) is 9.70. The van der Waals surface area contributed by atoms with E-state index >= 15 is 0 Å². The molecular weight excluding hydrogens is 468 g/mol. The van der Waals surface area contributed by atoms with Gasteiger partial charge in [-0.2, -0.15) is 0 Å². The van der Waals surface area contributed by atoms with Crippen LogP contribution in [0.5, 0.6) is 0 Å². The van der Waals surface area contributed by atoms with Crippen molar-refractivity contribution in [3.05, 3.63) is 47.6 Å². The SMILES string of the molecule is CCCCC/C=C/C=C/C(=O)OC[C@@H]1C(C)=C[C@]23C(=O)[C@@H](C=C(CO)[C@@H](O)[C@@]12O)[C@H]1[C@@H](C[C@H]3C)C1(C)C. The number of rotatable bonds is 9. The molecule has 0 aliphatic heterocycles. The third kappa shape index (κ3) is 4.29. The zero-order valence-electron chi connectivity index (χ0n) is 22.9. The third-order valence-electron chi connectivity index (χ3n) is 10.0. The fourth-order valence-electron chi connectivity index (χ4n) is 7.85. The van der Waals surface area contributed by atoms with Gasteiger partial charge < -0.3 is 20.1 Å². The molecule has 0 aromatic rings. The number of ketones is 1. The van der Waals surface area contributed by atoms with Crippen molar-refractivity contribution in [3.8, 4) is 0 Å². The van der Waals surface area contributed by atoms with Crippen LogP contribution in [0.1, 0.15) is 66.7 Å². The summed E-state index contributed by atoms with van der Waals surface area (Å²) in [5, 5.41) is 34.2. The number of ether oxygens (including phenoxy) is 1. The molecule has 6 nitrogen and oxygen atoms in total. The van der Waals surface area contributed by atoms with Crippen molar-refractivity contribution < 1.29 is 29.6 Å². The monoisotopic (exact) mass is 512 g/mol. The molecule has 0 aromatic heterocycles. The second-order valence-corrected chi connectivity index (χ2v) is 12.3. The fourth-order valence-corrected chi connectivity index (χ4v) is 7.85. The second-order valence-electron chi connectivity index (χ2n) is 12.3. The van der Waals surface area contributed by atoms with Crippen LogP contribution in [-0.2, 0) is 14.3 Å². The van der Waals surface area contributed by atoms with Crippen LogP contribution in [-0.4, -0.2) is 52.0 Å². The van der Waals surface area contributed by atoms with Gasteiger partial charge in [0.15, 0.2) is 5.78 Å². The Bertz CT molecular complexity index is 1030. The Kier molecular flexibility index (Phi) is 7.77. The highest BCUT2D eigenvalue weighted by atomic mass is 16.5. The van der Waals surface area contributed by atoms with Crippen LogP contribution in [0.2, 0.25) is 0 Å². The van der Waals surface area contributed by atoms with Crippen LogP contribution >= 0.6 is 0 Å². The number of allylic oxidation sites excluding steroid dienone is 4. The first kappa shape index (κ1) is 28.0. The standard InChI is InChI=1S/C31H44O6/c1-6-7-8-9-10-11-12-13-25(33)37-18-24-19(2)16-30-20(3)14-23-26(29(23,4)5)22(28(30)35)15-21(17-32)27(34)31(24,30)36/h10-13,15-16,20,22-24,26-27,32,34,36H,6-9,14,17-18H2,1-5H3/b11-10+,13-12+/t20-,22+,23-,24-,26+,27-,30+,31+/m1/s1. The van der Waals surface area contributed by atoms with Crippen molar-refractivity contribution in [2.45, 2.75) is 78.4 Å². The van der Waals surface area contributed by atoms with Crippen LogP contribution < -0.4 is 0 Å². The number of esters is 1. The van der Waals surface area contributed by atoms with E-state index in [1.165, 1.54) is 12.5 Å². The predicted molar refractivity (Wildman–Crippen MR) is 142 cm³/mol. The molecule has 204 valence electrons. The molecule has 0 heterocycles. The van der Waals surface area contributed by atoms with E-state index in [-0.39, 0.29) is 35.2 Å². The number of hydrogen-bond donors (Lipinski definition) is 3. The van der Waals surface area contributed by atoms with Gasteiger partial charge >= 0.3 is 5.97 Å². The molecule has 0 amide bonds. The Morgan fingerprint density at radius 3 is 2.65 bits per heavy atom. The first-order valence-electron chi connectivity index (χ1n) is 13.9. The van der Waals surface area contributed by atoms with Crippen molar-refractivity contribution >= 4 is 11.8 Å². The van der Waals surface area contributed by atoms with Crippen molar-refractivity contribution in [1.82, 2.24) is 0 Å². The number of aliphatic hydroxyl groups is 3. The van der Waals surface area contributed by atoms with Crippen molar-refractivity contribution in [3.63, 3.8) is 0 Å². The van der Waals surface area contributed by atoms with E-state index in [0.717, 1.165) is 31.3 Å². The molecule has 1 spiro atoms. The van der Waals surface area contributed by atoms with Crippen molar-refractivity contribution in [2.24, 2.45) is 40.4 Å². The molecule has 4 rings (SSSR count). The van der Waals surface area contributed by atoms with E-state index in [1.54, 1.807) is 12.2 Å². The molecule has 6 heteroatoms. The Morgan fingerprint density at radius 2 is 1.97 bits per heavy atom. The van der Waals surface area contributed by atoms with E-state index in [1.807, 2.05) is 32.1 Å². The quantitative estimate of drug-likeness (QED) is 0.140. The minimum atomic E-state index is -1.92. The van der Waals surface area contributed by atoms with Crippen LogP contribution in [0.15, 0.2) is 47.6 Å². The molecule has 0 saturated heterocycles. The highest BCUT2D eigenvalue weighted by Gasteiger charge is 2.75. The first-order chi connectivity index (χ1) is 17.5. The molecule has 8 atom stereocenters. The summed E-state index contributed by atoms with van der Waals surface area (Å²) in [6.07, 6.45) is 14.1. The van der Waals surface area contributed by atoms with E-state index in [4.69, 9.17) is 4.74 Å². The number of Topliss-reactive ketones (excluding diaryl/α,β-unsaturated/α-hetero) is 1. The van der Waals surface area contributed by atoms with Crippen molar-refractivity contribution in [1.29, 1.82) is 0 Å². The minimum absolute atomic E-state index is 0.0102. The number of carbonyl (C=O) groups excluding carboxylic acids is 2. The molecular formula is C31H44O6. The topological polar surface area (TPSA) is 104 Å². The fraction of sp³-hybridized carbons (Fsp3) is 0.677. The Hall–Kier alpha value is -2.02. The lowest BCUT2D eigenvalue weighted by molar-refractivity contribution is -0.183. The number of carbonyl (C=O) groups is 2. The lowest BCUT2D eigenvalue weighted by Crippen LogP contribution is -2.64. The summed E-state index contributed by atoms with van der Waals surface area (Å²) in [5.74, 6) is -1.66.